The van der Waals surface area contributed by atoms with Crippen molar-refractivity contribution in [2.45, 2.75) is 0 Å². The fourth-order valence-electron chi connectivity index (χ4n) is 1.58. The van der Waals surface area contributed by atoms with E-state index in [1.54, 1.807) is 42.5 Å². The quantitative estimate of drug-likeness (QED) is 0.697. The molecule has 0 aromatic heterocycles. The van der Waals surface area contributed by atoms with Crippen molar-refractivity contribution in [3.63, 3.8) is 0 Å². The van der Waals surface area contributed by atoms with Crippen LogP contribution in [0.4, 0.5) is 0 Å². The number of benzene rings is 2. The molecule has 4 nitrogen and oxygen atoms in total. The van der Waals surface area contributed by atoms with Gasteiger partial charge in [-0.25, -0.2) is 0 Å². The highest BCUT2D eigenvalue weighted by atomic mass is 35.5. The average molecular weight is 288 g/mol. The van der Waals surface area contributed by atoms with E-state index in [1.165, 1.54) is 12.1 Å². The van der Waals surface area contributed by atoms with E-state index in [4.69, 9.17) is 11.6 Å². The predicted molar refractivity (Wildman–Crippen MR) is 74.7 cm³/mol. The van der Waals surface area contributed by atoms with E-state index in [1.807, 2.05) is 5.32 Å². The molecule has 0 fully saturated rings. The van der Waals surface area contributed by atoms with Crippen LogP contribution < -0.4 is 5.32 Å². The van der Waals surface area contributed by atoms with E-state index in [0.29, 0.717) is 10.6 Å². The zero-order valence-corrected chi connectivity index (χ0v) is 11.1. The summed E-state index contributed by atoms with van der Waals surface area (Å²) in [6, 6.07) is 14.1. The third-order valence-corrected chi connectivity index (χ3v) is 2.79. The lowest BCUT2D eigenvalue weighted by atomic mass is 10.1. The van der Waals surface area contributed by atoms with Crippen molar-refractivity contribution in [3.05, 3.63) is 70.7 Å². The molecular formula is C15H10ClNO3. The molecule has 2 aromatic rings. The van der Waals surface area contributed by atoms with E-state index >= 15 is 0 Å². The number of rotatable bonds is 3. The molecule has 0 spiro atoms. The second kappa shape index (κ2) is 6.12. The molecule has 2 aromatic carbocycles. The first-order valence-electron chi connectivity index (χ1n) is 5.78. The molecule has 0 aliphatic rings. The van der Waals surface area contributed by atoms with Crippen LogP contribution in [-0.2, 0) is 4.79 Å². The van der Waals surface area contributed by atoms with Gasteiger partial charge in [-0.15, -0.1) is 0 Å². The van der Waals surface area contributed by atoms with Crippen LogP contribution in [0.15, 0.2) is 54.6 Å². The molecule has 1 N–H and O–H groups in total. The molecule has 0 radical (unpaired) electrons. The van der Waals surface area contributed by atoms with Gasteiger partial charge < -0.3 is 0 Å². The van der Waals surface area contributed by atoms with Gasteiger partial charge in [0.25, 0.3) is 17.6 Å². The Morgan fingerprint density at radius 2 is 1.50 bits per heavy atom. The molecule has 0 saturated heterocycles. The molecule has 20 heavy (non-hydrogen) atoms. The minimum absolute atomic E-state index is 0.135. The van der Waals surface area contributed by atoms with E-state index < -0.39 is 17.6 Å². The highest BCUT2D eigenvalue weighted by molar-refractivity contribution is 6.45. The third-order valence-electron chi connectivity index (χ3n) is 2.56. The summed E-state index contributed by atoms with van der Waals surface area (Å²) in [5.74, 6) is -2.41. The van der Waals surface area contributed by atoms with Gasteiger partial charge in [0, 0.05) is 16.1 Å². The van der Waals surface area contributed by atoms with Crippen LogP contribution in [0.25, 0.3) is 0 Å². The van der Waals surface area contributed by atoms with Crippen LogP contribution in [0.5, 0.6) is 0 Å². The largest absolute Gasteiger partial charge is 0.299 e. The number of nitrogens with one attached hydrogen (secondary N) is 1. The van der Waals surface area contributed by atoms with Crippen molar-refractivity contribution in [2.24, 2.45) is 0 Å². The summed E-state index contributed by atoms with van der Waals surface area (Å²) < 4.78 is 0. The lowest BCUT2D eigenvalue weighted by molar-refractivity contribution is -0.116. The molecule has 0 saturated carbocycles. The Kier molecular flexibility index (Phi) is 4.27. The molecule has 0 heterocycles. The van der Waals surface area contributed by atoms with Crippen LogP contribution in [0.3, 0.4) is 0 Å². The van der Waals surface area contributed by atoms with Crippen molar-refractivity contribution in [1.29, 1.82) is 0 Å². The first-order chi connectivity index (χ1) is 9.58. The number of hydrogen-bond donors (Lipinski definition) is 1. The highest BCUT2D eigenvalue weighted by Gasteiger charge is 2.19. The molecule has 2 amide bonds. The second-order valence-electron chi connectivity index (χ2n) is 3.99. The van der Waals surface area contributed by atoms with Crippen molar-refractivity contribution in [3.8, 4) is 0 Å². The van der Waals surface area contributed by atoms with Crippen molar-refractivity contribution in [1.82, 2.24) is 5.32 Å². The lowest BCUT2D eigenvalue weighted by Crippen LogP contribution is -2.36. The Labute approximate surface area is 120 Å². The van der Waals surface area contributed by atoms with Crippen molar-refractivity contribution >= 4 is 29.2 Å². The molecule has 0 unspecified atom stereocenters. The van der Waals surface area contributed by atoms with E-state index in [9.17, 15) is 14.4 Å². The first-order valence-corrected chi connectivity index (χ1v) is 6.16. The molecule has 0 bridgehead atoms. The summed E-state index contributed by atoms with van der Waals surface area (Å²) >= 11 is 5.74. The summed E-state index contributed by atoms with van der Waals surface area (Å²) in [7, 11) is 0. The molecule has 5 heteroatoms. The Balaban J connectivity index is 2.09. The van der Waals surface area contributed by atoms with E-state index in [-0.39, 0.29) is 5.56 Å². The Morgan fingerprint density at radius 3 is 2.15 bits per heavy atom. The van der Waals surface area contributed by atoms with Crippen molar-refractivity contribution in [2.75, 3.05) is 0 Å². The number of amides is 2. The summed E-state index contributed by atoms with van der Waals surface area (Å²) in [5, 5.41) is 2.39. The van der Waals surface area contributed by atoms with Crippen LogP contribution in [-0.4, -0.2) is 17.6 Å². The third kappa shape index (κ3) is 3.30. The van der Waals surface area contributed by atoms with Gasteiger partial charge in [-0.05, 0) is 24.3 Å². The summed E-state index contributed by atoms with van der Waals surface area (Å²) in [4.78, 5) is 35.3. The Hall–Kier alpha value is -2.46. The molecule has 2 rings (SSSR count). The molecule has 0 aliphatic carbocycles. The number of hydrogen-bond acceptors (Lipinski definition) is 3. The van der Waals surface area contributed by atoms with Crippen LogP contribution in [0, 0.1) is 0 Å². The van der Waals surface area contributed by atoms with Gasteiger partial charge in [0.1, 0.15) is 0 Å². The fourth-order valence-corrected chi connectivity index (χ4v) is 1.77. The van der Waals surface area contributed by atoms with Gasteiger partial charge in [-0.1, -0.05) is 41.9 Å². The maximum Gasteiger partial charge on any atom is 0.299 e. The molecule has 100 valence electrons. The first kappa shape index (κ1) is 14.0. The minimum Gasteiger partial charge on any atom is -0.285 e. The fraction of sp³-hybridized carbons (Fsp3) is 0. The van der Waals surface area contributed by atoms with Crippen LogP contribution in [0.2, 0.25) is 5.02 Å². The van der Waals surface area contributed by atoms with Gasteiger partial charge in [0.2, 0.25) is 0 Å². The van der Waals surface area contributed by atoms with Crippen LogP contribution in [0.1, 0.15) is 20.7 Å². The van der Waals surface area contributed by atoms with Gasteiger partial charge in [0.05, 0.1) is 0 Å². The molecular weight excluding hydrogens is 278 g/mol. The van der Waals surface area contributed by atoms with E-state index in [0.717, 1.165) is 0 Å². The van der Waals surface area contributed by atoms with Crippen LogP contribution >= 0.6 is 11.6 Å². The monoisotopic (exact) mass is 287 g/mol. The van der Waals surface area contributed by atoms with Crippen molar-refractivity contribution < 1.29 is 14.4 Å². The minimum atomic E-state index is -0.985. The number of ketones is 1. The maximum atomic E-state index is 11.8. The standard InChI is InChI=1S/C15H10ClNO3/c16-12-8-4-7-11(9-12)13(18)15(20)17-14(19)10-5-2-1-3-6-10/h1-9H,(H,17,19,20). The number of carbonyl (C=O) groups excluding carboxylic acids is 3. The number of Topliss-reactive ketones (excluding diaryl/α,β-unsaturated/α-hetero) is 1. The normalized spacial score (nSPS) is 9.85. The Morgan fingerprint density at radius 1 is 0.850 bits per heavy atom. The SMILES string of the molecule is O=C(NC(=O)c1ccccc1)C(=O)c1cccc(Cl)c1. The zero-order chi connectivity index (χ0) is 14.5. The Bertz CT molecular complexity index is 668. The maximum absolute atomic E-state index is 11.8. The van der Waals surface area contributed by atoms with Gasteiger partial charge in [-0.3, -0.25) is 19.7 Å². The number of carbonyl (C=O) groups is 3. The summed E-state index contributed by atoms with van der Waals surface area (Å²) in [6.45, 7) is 0. The molecule has 0 atom stereocenters. The average Bonchev–Trinajstić information content (AvgIpc) is 2.47. The predicted octanol–water partition coefficient (Wildman–Crippen LogP) is 2.48. The molecule has 0 aliphatic heterocycles. The number of imide groups is 1. The highest BCUT2D eigenvalue weighted by Crippen LogP contribution is 2.11. The second-order valence-corrected chi connectivity index (χ2v) is 4.43. The zero-order valence-electron chi connectivity index (χ0n) is 10.3. The summed E-state index contributed by atoms with van der Waals surface area (Å²) in [5.41, 5.74) is 0.440. The van der Waals surface area contributed by atoms with E-state index in [2.05, 4.69) is 0 Å². The topological polar surface area (TPSA) is 63.2 Å². The van der Waals surface area contributed by atoms with Gasteiger partial charge in [0.15, 0.2) is 0 Å². The number of halogens is 1. The van der Waals surface area contributed by atoms with Gasteiger partial charge in [-0.2, -0.15) is 0 Å². The van der Waals surface area contributed by atoms with Gasteiger partial charge >= 0.3 is 0 Å². The smallest absolute Gasteiger partial charge is 0.285 e. The summed E-state index contributed by atoms with van der Waals surface area (Å²) in [6.07, 6.45) is 0. The lowest BCUT2D eigenvalue weighted by Gasteiger charge is -2.03.